The summed E-state index contributed by atoms with van der Waals surface area (Å²) in [4.78, 5) is 23.6. The van der Waals surface area contributed by atoms with Gasteiger partial charge in [0.15, 0.2) is 5.78 Å². The van der Waals surface area contributed by atoms with Crippen LogP contribution < -0.4 is 4.74 Å². The van der Waals surface area contributed by atoms with E-state index >= 15 is 0 Å². The summed E-state index contributed by atoms with van der Waals surface area (Å²) in [6, 6.07) is 12.1. The molecule has 0 radical (unpaired) electrons. The van der Waals surface area contributed by atoms with Crippen molar-refractivity contribution in [2.45, 2.75) is 19.4 Å². The lowest BCUT2D eigenvalue weighted by Crippen LogP contribution is -2.22. The molecular weight excluding hydrogens is 268 g/mol. The Bertz CT molecular complexity index is 733. The first-order chi connectivity index (χ1) is 10.1. The van der Waals surface area contributed by atoms with E-state index in [4.69, 9.17) is 4.74 Å². The van der Waals surface area contributed by atoms with Gasteiger partial charge in [-0.2, -0.15) is 0 Å². The minimum absolute atomic E-state index is 0.0230. The number of hydrogen-bond acceptors (Lipinski definition) is 3. The maximum absolute atomic E-state index is 12.3. The summed E-state index contributed by atoms with van der Waals surface area (Å²) < 4.78 is 5.93. The van der Waals surface area contributed by atoms with E-state index in [0.29, 0.717) is 16.9 Å². The zero-order valence-electron chi connectivity index (χ0n) is 11.5. The van der Waals surface area contributed by atoms with Crippen LogP contribution in [0.5, 0.6) is 5.75 Å². The summed E-state index contributed by atoms with van der Waals surface area (Å²) in [6.07, 6.45) is -0.404. The van der Waals surface area contributed by atoms with Crippen molar-refractivity contribution in [1.82, 2.24) is 0 Å². The molecule has 1 N–H and O–H groups in total. The number of carboxylic acid groups (broad SMARTS) is 1. The molecule has 106 valence electrons. The molecule has 1 aliphatic rings. The molecule has 21 heavy (non-hydrogen) atoms. The number of Topliss-reactive ketones (excluding diaryl/α,β-unsaturated/α-hetero) is 1. The van der Waals surface area contributed by atoms with Gasteiger partial charge in [-0.25, -0.2) is 4.79 Å². The maximum Gasteiger partial charge on any atom is 0.336 e. The van der Waals surface area contributed by atoms with Gasteiger partial charge in [-0.3, -0.25) is 4.79 Å². The average Bonchev–Trinajstić information content (AvgIpc) is 2.48. The quantitative estimate of drug-likeness (QED) is 0.917. The van der Waals surface area contributed by atoms with E-state index in [0.717, 1.165) is 5.56 Å². The Morgan fingerprint density at radius 2 is 1.95 bits per heavy atom. The number of fused-ring (bicyclic) bond motifs is 1. The molecule has 0 spiro atoms. The van der Waals surface area contributed by atoms with Crippen LogP contribution >= 0.6 is 0 Å². The SMILES string of the molecule is Cc1cccc2c1OC(c1ccccc1C(=O)O)CC2=O. The van der Waals surface area contributed by atoms with Crippen LogP contribution in [-0.4, -0.2) is 16.9 Å². The van der Waals surface area contributed by atoms with Crippen LogP contribution in [-0.2, 0) is 0 Å². The number of carbonyl (C=O) groups excluding carboxylic acids is 1. The van der Waals surface area contributed by atoms with Gasteiger partial charge in [0, 0.05) is 5.56 Å². The van der Waals surface area contributed by atoms with Crippen molar-refractivity contribution in [1.29, 1.82) is 0 Å². The Kier molecular flexibility index (Phi) is 3.22. The predicted octanol–water partition coefficient (Wildman–Crippen LogP) is 3.40. The molecule has 0 aliphatic carbocycles. The van der Waals surface area contributed by atoms with Crippen LogP contribution in [0, 0.1) is 6.92 Å². The topological polar surface area (TPSA) is 63.6 Å². The van der Waals surface area contributed by atoms with Crippen molar-refractivity contribution in [2.75, 3.05) is 0 Å². The molecular formula is C17H14O4. The lowest BCUT2D eigenvalue weighted by atomic mass is 9.92. The minimum Gasteiger partial charge on any atom is -0.484 e. The lowest BCUT2D eigenvalue weighted by Gasteiger charge is -2.27. The summed E-state index contributed by atoms with van der Waals surface area (Å²) in [6.45, 7) is 1.87. The molecule has 0 saturated carbocycles. The van der Waals surface area contributed by atoms with Gasteiger partial charge >= 0.3 is 5.97 Å². The van der Waals surface area contributed by atoms with E-state index in [9.17, 15) is 14.7 Å². The summed E-state index contributed by atoms with van der Waals surface area (Å²) in [5, 5.41) is 9.27. The molecule has 1 aliphatic heterocycles. The van der Waals surface area contributed by atoms with Crippen molar-refractivity contribution < 1.29 is 19.4 Å². The van der Waals surface area contributed by atoms with Crippen molar-refractivity contribution in [3.63, 3.8) is 0 Å². The van der Waals surface area contributed by atoms with Gasteiger partial charge in [-0.05, 0) is 24.6 Å². The van der Waals surface area contributed by atoms with Crippen LogP contribution in [0.2, 0.25) is 0 Å². The molecule has 0 saturated heterocycles. The summed E-state index contributed by atoms with van der Waals surface area (Å²) in [5.41, 5.74) is 2.15. The molecule has 3 rings (SSSR count). The second-order valence-corrected chi connectivity index (χ2v) is 5.08. The third-order valence-electron chi connectivity index (χ3n) is 3.68. The molecule has 2 aromatic rings. The van der Waals surface area contributed by atoms with Crippen molar-refractivity contribution >= 4 is 11.8 Å². The normalized spacial score (nSPS) is 17.0. The van der Waals surface area contributed by atoms with Crippen molar-refractivity contribution in [3.05, 3.63) is 64.7 Å². The maximum atomic E-state index is 12.3. The monoisotopic (exact) mass is 282 g/mol. The van der Waals surface area contributed by atoms with Crippen LogP contribution in [0.4, 0.5) is 0 Å². The van der Waals surface area contributed by atoms with E-state index < -0.39 is 12.1 Å². The van der Waals surface area contributed by atoms with Gasteiger partial charge in [-0.15, -0.1) is 0 Å². The Morgan fingerprint density at radius 1 is 1.19 bits per heavy atom. The van der Waals surface area contributed by atoms with Gasteiger partial charge in [0.25, 0.3) is 0 Å². The zero-order chi connectivity index (χ0) is 15.0. The van der Waals surface area contributed by atoms with Gasteiger partial charge in [0.2, 0.25) is 0 Å². The first kappa shape index (κ1) is 13.4. The Balaban J connectivity index is 2.06. The van der Waals surface area contributed by atoms with E-state index in [2.05, 4.69) is 0 Å². The van der Waals surface area contributed by atoms with E-state index in [1.54, 1.807) is 24.3 Å². The first-order valence-electron chi connectivity index (χ1n) is 6.69. The van der Waals surface area contributed by atoms with Crippen LogP contribution in [0.3, 0.4) is 0 Å². The number of ketones is 1. The molecule has 2 aromatic carbocycles. The molecule has 1 heterocycles. The standard InChI is InChI=1S/C17H14O4/c1-10-5-4-8-13-14(18)9-15(21-16(10)13)11-6-2-3-7-12(11)17(19)20/h2-8,15H,9H2,1H3,(H,19,20). The summed E-state index contributed by atoms with van der Waals surface area (Å²) in [7, 11) is 0. The van der Waals surface area contributed by atoms with Gasteiger partial charge in [0.05, 0.1) is 17.5 Å². The third-order valence-corrected chi connectivity index (χ3v) is 3.68. The number of benzene rings is 2. The fourth-order valence-corrected chi connectivity index (χ4v) is 2.64. The van der Waals surface area contributed by atoms with E-state index in [1.807, 2.05) is 19.1 Å². The highest BCUT2D eigenvalue weighted by molar-refractivity contribution is 6.00. The number of hydrogen-bond donors (Lipinski definition) is 1. The van der Waals surface area contributed by atoms with Gasteiger partial charge in [0.1, 0.15) is 11.9 Å². The van der Waals surface area contributed by atoms with E-state index in [1.165, 1.54) is 6.07 Å². The second-order valence-electron chi connectivity index (χ2n) is 5.08. The third kappa shape index (κ3) is 2.29. The number of aromatic carboxylic acids is 1. The van der Waals surface area contributed by atoms with Gasteiger partial charge in [-0.1, -0.05) is 30.3 Å². The number of aryl methyl sites for hydroxylation is 1. The molecule has 1 atom stereocenters. The Labute approximate surface area is 122 Å². The zero-order valence-corrected chi connectivity index (χ0v) is 11.5. The number of rotatable bonds is 2. The van der Waals surface area contributed by atoms with E-state index in [-0.39, 0.29) is 17.8 Å². The van der Waals surface area contributed by atoms with Crippen LogP contribution in [0.1, 0.15) is 44.4 Å². The summed E-state index contributed by atoms with van der Waals surface area (Å²) >= 11 is 0. The minimum atomic E-state index is -1.02. The number of para-hydroxylation sites is 1. The molecule has 4 nitrogen and oxygen atoms in total. The van der Waals surface area contributed by atoms with Crippen molar-refractivity contribution in [2.24, 2.45) is 0 Å². The van der Waals surface area contributed by atoms with Crippen molar-refractivity contribution in [3.8, 4) is 5.75 Å². The smallest absolute Gasteiger partial charge is 0.336 e. The largest absolute Gasteiger partial charge is 0.484 e. The average molecular weight is 282 g/mol. The second kappa shape index (κ2) is 5.05. The highest BCUT2D eigenvalue weighted by Crippen LogP contribution is 2.37. The fraction of sp³-hybridized carbons (Fsp3) is 0.176. The number of carboxylic acids is 1. The highest BCUT2D eigenvalue weighted by atomic mass is 16.5. The molecule has 0 aromatic heterocycles. The number of ether oxygens (including phenoxy) is 1. The van der Waals surface area contributed by atoms with Gasteiger partial charge < -0.3 is 9.84 Å². The summed E-state index contributed by atoms with van der Waals surface area (Å²) in [5.74, 6) is -0.485. The fourth-order valence-electron chi connectivity index (χ4n) is 2.64. The van der Waals surface area contributed by atoms with Crippen LogP contribution in [0.25, 0.3) is 0 Å². The molecule has 0 fully saturated rings. The lowest BCUT2D eigenvalue weighted by molar-refractivity contribution is 0.0682. The predicted molar refractivity (Wildman–Crippen MR) is 76.9 cm³/mol. The highest BCUT2D eigenvalue weighted by Gasteiger charge is 2.30. The molecule has 4 heteroatoms. The van der Waals surface area contributed by atoms with Crippen LogP contribution in [0.15, 0.2) is 42.5 Å². The number of carbonyl (C=O) groups is 2. The Hall–Kier alpha value is -2.62. The molecule has 0 amide bonds. The molecule has 1 unspecified atom stereocenters. The molecule has 0 bridgehead atoms. The first-order valence-corrected chi connectivity index (χ1v) is 6.69. The Morgan fingerprint density at radius 3 is 2.71 bits per heavy atom.